The lowest BCUT2D eigenvalue weighted by atomic mass is 9.99. The molecule has 4 rings (SSSR count). The molecule has 0 fully saturated rings. The van der Waals surface area contributed by atoms with Gasteiger partial charge >= 0.3 is 0 Å². The number of hydrogen-bond donors (Lipinski definition) is 1. The van der Waals surface area contributed by atoms with Gasteiger partial charge in [0.25, 0.3) is 0 Å². The molecule has 0 saturated carbocycles. The normalized spacial score (nSPS) is 10.9. The van der Waals surface area contributed by atoms with Crippen molar-refractivity contribution in [1.29, 1.82) is 0 Å². The summed E-state index contributed by atoms with van der Waals surface area (Å²) in [5, 5.41) is 3.60. The maximum atomic E-state index is 5.76. The summed E-state index contributed by atoms with van der Waals surface area (Å²) in [6, 6.07) is 24.4. The number of ether oxygens (including phenoxy) is 3. The SMILES string of the molecule is COc1cc(-c2nc(CNC(c3ccccc3)c3ccccc3)co2)cc(OC)c1OC. The van der Waals surface area contributed by atoms with Gasteiger partial charge < -0.3 is 23.9 Å². The van der Waals surface area contributed by atoms with Gasteiger partial charge in [-0.25, -0.2) is 4.98 Å². The third kappa shape index (κ3) is 4.60. The Morgan fingerprint density at radius 1 is 0.812 bits per heavy atom. The molecule has 1 aromatic heterocycles. The molecule has 3 aromatic carbocycles. The second kappa shape index (κ2) is 10.0. The minimum Gasteiger partial charge on any atom is -0.493 e. The summed E-state index contributed by atoms with van der Waals surface area (Å²) in [6.45, 7) is 0.544. The van der Waals surface area contributed by atoms with Gasteiger partial charge in [0.05, 0.1) is 33.1 Å². The van der Waals surface area contributed by atoms with Crippen molar-refractivity contribution < 1.29 is 18.6 Å². The van der Waals surface area contributed by atoms with Crippen molar-refractivity contribution >= 4 is 0 Å². The number of oxazole rings is 1. The first-order chi connectivity index (χ1) is 15.7. The molecule has 6 nitrogen and oxygen atoms in total. The van der Waals surface area contributed by atoms with Crippen molar-refractivity contribution in [3.05, 3.63) is 95.9 Å². The monoisotopic (exact) mass is 430 g/mol. The number of nitrogens with one attached hydrogen (secondary N) is 1. The molecule has 1 N–H and O–H groups in total. The molecule has 32 heavy (non-hydrogen) atoms. The highest BCUT2D eigenvalue weighted by atomic mass is 16.5. The van der Waals surface area contributed by atoms with E-state index >= 15 is 0 Å². The number of aromatic nitrogens is 1. The average Bonchev–Trinajstić information content (AvgIpc) is 3.33. The number of methoxy groups -OCH3 is 3. The van der Waals surface area contributed by atoms with Gasteiger partial charge in [0, 0.05) is 12.1 Å². The van der Waals surface area contributed by atoms with Crippen LogP contribution in [0.3, 0.4) is 0 Å². The minimum atomic E-state index is 0.0405. The summed E-state index contributed by atoms with van der Waals surface area (Å²) < 4.78 is 22.0. The molecule has 0 aliphatic carbocycles. The Morgan fingerprint density at radius 2 is 1.38 bits per heavy atom. The van der Waals surface area contributed by atoms with Gasteiger partial charge in [0.1, 0.15) is 6.26 Å². The van der Waals surface area contributed by atoms with Crippen molar-refractivity contribution in [2.45, 2.75) is 12.6 Å². The Morgan fingerprint density at radius 3 is 1.88 bits per heavy atom. The zero-order valence-corrected chi connectivity index (χ0v) is 18.4. The predicted octanol–water partition coefficient (Wildman–Crippen LogP) is 5.25. The average molecular weight is 431 g/mol. The number of hydrogen-bond acceptors (Lipinski definition) is 6. The Kier molecular flexibility index (Phi) is 6.72. The van der Waals surface area contributed by atoms with E-state index in [0.29, 0.717) is 29.7 Å². The van der Waals surface area contributed by atoms with Crippen molar-refractivity contribution in [3.8, 4) is 28.7 Å². The molecular weight excluding hydrogens is 404 g/mol. The van der Waals surface area contributed by atoms with Crippen LogP contribution in [0.1, 0.15) is 22.9 Å². The van der Waals surface area contributed by atoms with E-state index < -0.39 is 0 Å². The largest absolute Gasteiger partial charge is 0.493 e. The minimum absolute atomic E-state index is 0.0405. The van der Waals surface area contributed by atoms with Gasteiger partial charge in [-0.3, -0.25) is 0 Å². The lowest BCUT2D eigenvalue weighted by Gasteiger charge is -2.19. The van der Waals surface area contributed by atoms with Gasteiger partial charge in [0.15, 0.2) is 11.5 Å². The van der Waals surface area contributed by atoms with Crippen molar-refractivity contribution in [2.75, 3.05) is 21.3 Å². The first kappa shape index (κ1) is 21.5. The molecule has 164 valence electrons. The summed E-state index contributed by atoms with van der Waals surface area (Å²) in [5.74, 6) is 2.11. The van der Waals surface area contributed by atoms with Crippen molar-refractivity contribution in [2.24, 2.45) is 0 Å². The number of rotatable bonds is 9. The van der Waals surface area contributed by atoms with E-state index in [4.69, 9.17) is 18.6 Å². The predicted molar refractivity (Wildman–Crippen MR) is 123 cm³/mol. The van der Waals surface area contributed by atoms with Crippen LogP contribution in [0.2, 0.25) is 0 Å². The number of benzene rings is 3. The lowest BCUT2D eigenvalue weighted by molar-refractivity contribution is 0.324. The first-order valence-electron chi connectivity index (χ1n) is 10.3. The van der Waals surface area contributed by atoms with E-state index in [0.717, 1.165) is 11.3 Å². The summed E-state index contributed by atoms with van der Waals surface area (Å²) in [4.78, 5) is 4.67. The van der Waals surface area contributed by atoms with Crippen molar-refractivity contribution in [3.63, 3.8) is 0 Å². The summed E-state index contributed by atoms with van der Waals surface area (Å²) in [5.41, 5.74) is 3.91. The van der Waals surface area contributed by atoms with Gasteiger partial charge in [-0.1, -0.05) is 60.7 Å². The molecule has 0 unspecified atom stereocenters. The van der Waals surface area contributed by atoms with Crippen LogP contribution in [0.4, 0.5) is 0 Å². The highest BCUT2D eigenvalue weighted by molar-refractivity contribution is 5.65. The van der Waals surface area contributed by atoms with E-state index in [1.807, 2.05) is 48.5 Å². The van der Waals surface area contributed by atoms with E-state index in [-0.39, 0.29) is 6.04 Å². The van der Waals surface area contributed by atoms with Crippen LogP contribution in [0, 0.1) is 0 Å². The third-order valence-corrected chi connectivity index (χ3v) is 5.22. The van der Waals surface area contributed by atoms with E-state index in [1.54, 1.807) is 27.6 Å². The zero-order valence-electron chi connectivity index (χ0n) is 18.4. The van der Waals surface area contributed by atoms with Crippen molar-refractivity contribution in [1.82, 2.24) is 10.3 Å². The molecule has 0 aliphatic rings. The molecule has 0 radical (unpaired) electrons. The summed E-state index contributed by atoms with van der Waals surface area (Å²) in [7, 11) is 4.74. The second-order valence-corrected chi connectivity index (χ2v) is 7.19. The first-order valence-corrected chi connectivity index (χ1v) is 10.3. The van der Waals surface area contributed by atoms with E-state index in [1.165, 1.54) is 11.1 Å². The van der Waals surface area contributed by atoms with Crippen LogP contribution in [-0.4, -0.2) is 26.3 Å². The van der Waals surface area contributed by atoms with Crippen LogP contribution in [0.15, 0.2) is 83.5 Å². The van der Waals surface area contributed by atoms with Gasteiger partial charge in [-0.2, -0.15) is 0 Å². The van der Waals surface area contributed by atoms with Gasteiger partial charge in [0.2, 0.25) is 11.6 Å². The Balaban J connectivity index is 1.56. The lowest BCUT2D eigenvalue weighted by Crippen LogP contribution is -2.22. The molecular formula is C26H26N2O4. The number of nitrogens with zero attached hydrogens (tertiary/aromatic N) is 1. The van der Waals surface area contributed by atoms with Crippen LogP contribution in [-0.2, 0) is 6.54 Å². The maximum Gasteiger partial charge on any atom is 0.226 e. The quantitative estimate of drug-likeness (QED) is 0.391. The fraction of sp³-hybridized carbons (Fsp3) is 0.192. The Hall–Kier alpha value is -3.77. The van der Waals surface area contributed by atoms with Crippen LogP contribution in [0.25, 0.3) is 11.5 Å². The second-order valence-electron chi connectivity index (χ2n) is 7.19. The molecule has 0 amide bonds. The smallest absolute Gasteiger partial charge is 0.226 e. The van der Waals surface area contributed by atoms with E-state index in [2.05, 4.69) is 34.6 Å². The fourth-order valence-electron chi connectivity index (χ4n) is 3.65. The van der Waals surface area contributed by atoms with Crippen LogP contribution < -0.4 is 19.5 Å². The van der Waals surface area contributed by atoms with Gasteiger partial charge in [-0.05, 0) is 23.3 Å². The fourth-order valence-corrected chi connectivity index (χ4v) is 3.65. The van der Waals surface area contributed by atoms with Crippen LogP contribution in [0.5, 0.6) is 17.2 Å². The summed E-state index contributed by atoms with van der Waals surface area (Å²) >= 11 is 0. The molecule has 0 aliphatic heterocycles. The highest BCUT2D eigenvalue weighted by Crippen LogP contribution is 2.41. The van der Waals surface area contributed by atoms with E-state index in [9.17, 15) is 0 Å². The maximum absolute atomic E-state index is 5.76. The topological polar surface area (TPSA) is 65.8 Å². The molecule has 0 bridgehead atoms. The Labute approximate surface area is 187 Å². The standard InChI is InChI=1S/C26H26N2O4/c1-29-22-14-20(15-23(30-2)25(22)31-3)26-28-21(17-32-26)16-27-24(18-10-6-4-7-11-18)19-12-8-5-9-13-19/h4-15,17,24,27H,16H2,1-3H3. The molecule has 4 aromatic rings. The molecule has 0 atom stereocenters. The molecule has 0 saturated heterocycles. The van der Waals surface area contributed by atoms with Gasteiger partial charge in [-0.15, -0.1) is 0 Å². The zero-order chi connectivity index (χ0) is 22.3. The molecule has 6 heteroatoms. The Bertz CT molecular complexity index is 1080. The third-order valence-electron chi connectivity index (χ3n) is 5.22. The summed E-state index contributed by atoms with van der Waals surface area (Å²) in [6.07, 6.45) is 1.67. The molecule has 1 heterocycles. The molecule has 0 spiro atoms. The highest BCUT2D eigenvalue weighted by Gasteiger charge is 2.18. The van der Waals surface area contributed by atoms with Crippen LogP contribution >= 0.6 is 0 Å².